The largest absolute Gasteiger partial charge is 0.338 e. The molecular formula is C14H18BrNO. The summed E-state index contributed by atoms with van der Waals surface area (Å²) >= 11 is 3.38. The van der Waals surface area contributed by atoms with Crippen molar-refractivity contribution in [2.24, 2.45) is 11.8 Å². The highest BCUT2D eigenvalue weighted by Gasteiger charge is 2.25. The number of likely N-dealkylation sites (tertiary alicyclic amines) is 1. The van der Waals surface area contributed by atoms with E-state index in [0.29, 0.717) is 11.8 Å². The van der Waals surface area contributed by atoms with Crippen LogP contribution in [-0.2, 0) is 0 Å². The van der Waals surface area contributed by atoms with Crippen molar-refractivity contribution in [1.29, 1.82) is 0 Å². The number of piperidine rings is 1. The van der Waals surface area contributed by atoms with Crippen LogP contribution in [0.2, 0.25) is 0 Å². The predicted octanol–water partition coefficient (Wildman–Crippen LogP) is 3.57. The normalized spacial score (nSPS) is 24.8. The van der Waals surface area contributed by atoms with Gasteiger partial charge in [-0.2, -0.15) is 0 Å². The monoisotopic (exact) mass is 295 g/mol. The second-order valence-electron chi connectivity index (χ2n) is 5.16. The van der Waals surface area contributed by atoms with Crippen LogP contribution >= 0.6 is 15.9 Å². The van der Waals surface area contributed by atoms with Crippen LogP contribution in [0, 0.1) is 11.8 Å². The number of carbonyl (C=O) groups excluding carboxylic acids is 1. The van der Waals surface area contributed by atoms with Crippen LogP contribution in [0.25, 0.3) is 0 Å². The lowest BCUT2D eigenvalue weighted by Crippen LogP contribution is -2.42. The number of halogens is 1. The van der Waals surface area contributed by atoms with Crippen molar-refractivity contribution in [2.45, 2.75) is 20.3 Å². The Hall–Kier alpha value is -0.830. The van der Waals surface area contributed by atoms with Crippen LogP contribution in [0.1, 0.15) is 30.6 Å². The van der Waals surface area contributed by atoms with Crippen molar-refractivity contribution in [2.75, 3.05) is 13.1 Å². The van der Waals surface area contributed by atoms with Gasteiger partial charge in [0.05, 0.1) is 0 Å². The first-order chi connectivity index (χ1) is 8.06. The summed E-state index contributed by atoms with van der Waals surface area (Å²) in [6, 6.07) is 7.61. The Labute approximate surface area is 111 Å². The third-order valence-electron chi connectivity index (χ3n) is 3.25. The van der Waals surface area contributed by atoms with Crippen molar-refractivity contribution in [1.82, 2.24) is 4.90 Å². The lowest BCUT2D eigenvalue weighted by molar-refractivity contribution is 0.0623. The van der Waals surface area contributed by atoms with Gasteiger partial charge < -0.3 is 4.90 Å². The highest BCUT2D eigenvalue weighted by molar-refractivity contribution is 9.10. The van der Waals surface area contributed by atoms with E-state index in [2.05, 4.69) is 29.8 Å². The summed E-state index contributed by atoms with van der Waals surface area (Å²) in [5, 5.41) is 0. The third kappa shape index (κ3) is 3.09. The molecule has 0 saturated carbocycles. The van der Waals surface area contributed by atoms with Gasteiger partial charge in [-0.1, -0.05) is 29.8 Å². The summed E-state index contributed by atoms with van der Waals surface area (Å²) in [7, 11) is 0. The van der Waals surface area contributed by atoms with Gasteiger partial charge in [-0.25, -0.2) is 0 Å². The van der Waals surface area contributed by atoms with E-state index in [-0.39, 0.29) is 5.91 Å². The van der Waals surface area contributed by atoms with E-state index in [1.807, 2.05) is 29.2 Å². The number of benzene rings is 1. The Morgan fingerprint density at radius 2 is 1.71 bits per heavy atom. The molecule has 2 unspecified atom stereocenters. The lowest BCUT2D eigenvalue weighted by Gasteiger charge is -2.35. The Morgan fingerprint density at radius 3 is 2.24 bits per heavy atom. The average Bonchev–Trinajstić information content (AvgIpc) is 2.28. The van der Waals surface area contributed by atoms with Gasteiger partial charge in [0, 0.05) is 23.1 Å². The Kier molecular flexibility index (Phi) is 3.87. The highest BCUT2D eigenvalue weighted by Crippen LogP contribution is 2.22. The van der Waals surface area contributed by atoms with Crippen molar-refractivity contribution in [3.05, 3.63) is 34.3 Å². The minimum atomic E-state index is 0.163. The second-order valence-corrected chi connectivity index (χ2v) is 6.08. The molecule has 1 heterocycles. The van der Waals surface area contributed by atoms with Crippen LogP contribution in [0.3, 0.4) is 0 Å². The van der Waals surface area contributed by atoms with Gasteiger partial charge in [0.1, 0.15) is 0 Å². The maximum absolute atomic E-state index is 12.3. The fourth-order valence-electron chi connectivity index (χ4n) is 2.60. The Balaban J connectivity index is 2.11. The first-order valence-electron chi connectivity index (χ1n) is 6.11. The van der Waals surface area contributed by atoms with Gasteiger partial charge >= 0.3 is 0 Å². The van der Waals surface area contributed by atoms with Gasteiger partial charge in [0.25, 0.3) is 5.91 Å². The van der Waals surface area contributed by atoms with E-state index in [9.17, 15) is 4.79 Å². The molecule has 0 radical (unpaired) electrons. The molecule has 2 atom stereocenters. The molecule has 1 aliphatic rings. The maximum Gasteiger partial charge on any atom is 0.253 e. The molecule has 1 amide bonds. The van der Waals surface area contributed by atoms with Crippen molar-refractivity contribution >= 4 is 21.8 Å². The number of nitrogens with zero attached hydrogens (tertiary/aromatic N) is 1. The molecule has 3 heteroatoms. The summed E-state index contributed by atoms with van der Waals surface area (Å²) in [6.07, 6.45) is 1.23. The zero-order valence-corrected chi connectivity index (χ0v) is 11.9. The van der Waals surface area contributed by atoms with E-state index in [1.54, 1.807) is 0 Å². The molecule has 0 spiro atoms. The van der Waals surface area contributed by atoms with E-state index in [4.69, 9.17) is 0 Å². The predicted molar refractivity (Wildman–Crippen MR) is 73.0 cm³/mol. The van der Waals surface area contributed by atoms with Gasteiger partial charge in [-0.15, -0.1) is 0 Å². The van der Waals surface area contributed by atoms with Gasteiger partial charge in [0.15, 0.2) is 0 Å². The number of rotatable bonds is 1. The van der Waals surface area contributed by atoms with Crippen molar-refractivity contribution in [3.8, 4) is 0 Å². The molecule has 1 aromatic rings. The van der Waals surface area contributed by atoms with E-state index < -0.39 is 0 Å². The summed E-state index contributed by atoms with van der Waals surface area (Å²) in [5.41, 5.74) is 0.787. The van der Waals surface area contributed by atoms with Gasteiger partial charge in [0.2, 0.25) is 0 Å². The summed E-state index contributed by atoms with van der Waals surface area (Å²) in [5.74, 6) is 1.38. The molecule has 2 nitrogen and oxygen atoms in total. The minimum Gasteiger partial charge on any atom is -0.338 e. The van der Waals surface area contributed by atoms with E-state index in [1.165, 1.54) is 6.42 Å². The molecule has 1 saturated heterocycles. The van der Waals surface area contributed by atoms with Gasteiger partial charge in [-0.05, 0) is 42.5 Å². The molecule has 1 aromatic carbocycles. The SMILES string of the molecule is CC1CC(C)CN(C(=O)c2ccc(Br)cc2)C1. The van der Waals surface area contributed by atoms with Crippen LogP contribution in [0.15, 0.2) is 28.7 Å². The third-order valence-corrected chi connectivity index (χ3v) is 3.78. The van der Waals surface area contributed by atoms with Gasteiger partial charge in [-0.3, -0.25) is 4.79 Å². The Morgan fingerprint density at radius 1 is 1.18 bits per heavy atom. The van der Waals surface area contributed by atoms with Crippen molar-refractivity contribution < 1.29 is 4.79 Å². The number of hydrogen-bond acceptors (Lipinski definition) is 1. The number of hydrogen-bond donors (Lipinski definition) is 0. The van der Waals surface area contributed by atoms with Crippen LogP contribution in [-0.4, -0.2) is 23.9 Å². The molecule has 2 rings (SSSR count). The zero-order valence-electron chi connectivity index (χ0n) is 10.3. The fourth-order valence-corrected chi connectivity index (χ4v) is 2.87. The minimum absolute atomic E-state index is 0.163. The molecule has 0 N–H and O–H groups in total. The van der Waals surface area contributed by atoms with Crippen LogP contribution in [0.5, 0.6) is 0 Å². The molecule has 0 aliphatic carbocycles. The topological polar surface area (TPSA) is 20.3 Å². The molecule has 1 fully saturated rings. The first kappa shape index (κ1) is 12.6. The molecule has 92 valence electrons. The Bertz CT molecular complexity index is 391. The fraction of sp³-hybridized carbons (Fsp3) is 0.500. The van der Waals surface area contributed by atoms with Crippen LogP contribution in [0.4, 0.5) is 0 Å². The number of carbonyl (C=O) groups is 1. The highest BCUT2D eigenvalue weighted by atomic mass is 79.9. The standard InChI is InChI=1S/C14H18BrNO/c1-10-7-11(2)9-16(8-10)14(17)12-3-5-13(15)6-4-12/h3-6,10-11H,7-9H2,1-2H3. The molecule has 1 aliphatic heterocycles. The lowest BCUT2D eigenvalue weighted by atomic mass is 9.91. The van der Waals surface area contributed by atoms with E-state index in [0.717, 1.165) is 23.1 Å². The molecule has 0 aromatic heterocycles. The smallest absolute Gasteiger partial charge is 0.253 e. The quantitative estimate of drug-likeness (QED) is 0.776. The average molecular weight is 296 g/mol. The summed E-state index contributed by atoms with van der Waals surface area (Å²) in [6.45, 7) is 6.22. The summed E-state index contributed by atoms with van der Waals surface area (Å²) < 4.78 is 1.01. The summed E-state index contributed by atoms with van der Waals surface area (Å²) in [4.78, 5) is 14.3. The number of amides is 1. The molecule has 0 bridgehead atoms. The van der Waals surface area contributed by atoms with Crippen molar-refractivity contribution in [3.63, 3.8) is 0 Å². The molecular weight excluding hydrogens is 278 g/mol. The van der Waals surface area contributed by atoms with E-state index >= 15 is 0 Å². The van der Waals surface area contributed by atoms with Crippen LogP contribution < -0.4 is 0 Å². The zero-order chi connectivity index (χ0) is 12.4. The maximum atomic E-state index is 12.3. The first-order valence-corrected chi connectivity index (χ1v) is 6.90. The second kappa shape index (κ2) is 5.21. The molecule has 17 heavy (non-hydrogen) atoms.